The number of carbonyl (C=O) groups excluding carboxylic acids is 1. The highest BCUT2D eigenvalue weighted by molar-refractivity contribution is 5.94. The van der Waals surface area contributed by atoms with Gasteiger partial charge in [0.1, 0.15) is 29.5 Å². The summed E-state index contributed by atoms with van der Waals surface area (Å²) in [4.78, 5) is 25.5. The lowest BCUT2D eigenvalue weighted by Gasteiger charge is -2.10. The zero-order valence-corrected chi connectivity index (χ0v) is 17.2. The van der Waals surface area contributed by atoms with Gasteiger partial charge in [0.2, 0.25) is 5.91 Å². The summed E-state index contributed by atoms with van der Waals surface area (Å²) in [5.74, 6) is 1.28. The van der Waals surface area contributed by atoms with Crippen LogP contribution in [0.5, 0.6) is 11.5 Å². The van der Waals surface area contributed by atoms with Gasteiger partial charge < -0.3 is 19.3 Å². The van der Waals surface area contributed by atoms with Gasteiger partial charge in [0, 0.05) is 17.3 Å². The van der Waals surface area contributed by atoms with Crippen molar-refractivity contribution in [3.8, 4) is 22.8 Å². The molecule has 2 heterocycles. The number of rotatable bonds is 6. The molecule has 0 aliphatic carbocycles. The maximum Gasteiger partial charge on any atom is 0.297 e. The molecule has 2 aromatic carbocycles. The van der Waals surface area contributed by atoms with E-state index in [2.05, 4.69) is 15.6 Å². The van der Waals surface area contributed by atoms with Crippen LogP contribution in [0, 0.1) is 6.92 Å². The van der Waals surface area contributed by atoms with Gasteiger partial charge in [-0.15, -0.1) is 0 Å². The average Bonchev–Trinajstić information content (AvgIpc) is 3.17. The van der Waals surface area contributed by atoms with E-state index in [9.17, 15) is 9.59 Å². The van der Waals surface area contributed by atoms with E-state index < -0.39 is 11.5 Å². The third kappa shape index (κ3) is 3.97. The van der Waals surface area contributed by atoms with Gasteiger partial charge in [-0.2, -0.15) is 5.10 Å². The number of methoxy groups -OCH3 is 2. The number of hydrogen-bond acceptors (Lipinski definition) is 7. The van der Waals surface area contributed by atoms with Gasteiger partial charge in [-0.1, -0.05) is 23.4 Å². The van der Waals surface area contributed by atoms with E-state index in [4.69, 9.17) is 14.0 Å². The fraction of sp³-hybridized carbons (Fsp3) is 0.182. The Kier molecular flexibility index (Phi) is 5.40. The molecule has 0 atom stereocenters. The van der Waals surface area contributed by atoms with Crippen molar-refractivity contribution in [1.29, 1.82) is 0 Å². The van der Waals surface area contributed by atoms with Crippen molar-refractivity contribution in [2.24, 2.45) is 0 Å². The van der Waals surface area contributed by atoms with Crippen molar-refractivity contribution < 1.29 is 18.8 Å². The Hall–Kier alpha value is -4.14. The predicted molar refractivity (Wildman–Crippen MR) is 114 cm³/mol. The number of nitrogens with zero attached hydrogens (tertiary/aromatic N) is 3. The highest BCUT2D eigenvalue weighted by Crippen LogP contribution is 2.29. The maximum absolute atomic E-state index is 12.9. The maximum atomic E-state index is 12.9. The molecule has 0 spiro atoms. The fourth-order valence-corrected chi connectivity index (χ4v) is 3.25. The summed E-state index contributed by atoms with van der Waals surface area (Å²) in [6.45, 7) is 1.41. The van der Waals surface area contributed by atoms with Crippen LogP contribution in [0.1, 0.15) is 5.76 Å². The number of ether oxygens (including phenoxy) is 2. The Balaban J connectivity index is 1.73. The number of aryl methyl sites for hydroxylation is 1. The Bertz CT molecular complexity index is 1330. The molecule has 0 saturated carbocycles. The first-order chi connectivity index (χ1) is 15.0. The molecule has 0 fully saturated rings. The van der Waals surface area contributed by atoms with Crippen molar-refractivity contribution >= 4 is 22.5 Å². The Labute approximate surface area is 177 Å². The lowest BCUT2D eigenvalue weighted by molar-refractivity contribution is -0.117. The number of fused-ring (bicyclic) bond motifs is 1. The van der Waals surface area contributed by atoms with E-state index in [1.54, 1.807) is 57.5 Å². The average molecular weight is 420 g/mol. The summed E-state index contributed by atoms with van der Waals surface area (Å²) in [6, 6.07) is 14.2. The quantitative estimate of drug-likeness (QED) is 0.511. The third-order valence-corrected chi connectivity index (χ3v) is 4.75. The molecule has 9 nitrogen and oxygen atoms in total. The molecule has 1 amide bonds. The molecule has 31 heavy (non-hydrogen) atoms. The van der Waals surface area contributed by atoms with Crippen molar-refractivity contribution in [2.45, 2.75) is 13.5 Å². The lowest BCUT2D eigenvalue weighted by atomic mass is 10.1. The number of aromatic nitrogens is 3. The van der Waals surface area contributed by atoms with Gasteiger partial charge in [-0.05, 0) is 31.2 Å². The first kappa shape index (κ1) is 20.1. The smallest absolute Gasteiger partial charge is 0.297 e. The SMILES string of the molecule is COc1cccc(NC(=O)Cn2nc(-c3cccc(OC)c3)c3c(C)onc3c2=O)c1. The predicted octanol–water partition coefficient (Wildman–Crippen LogP) is 3.02. The standard InChI is InChI=1S/C22H20N4O5/c1-13-19-20(14-6-4-8-16(10-14)29-2)24-26(22(28)21(19)25-31-13)12-18(27)23-15-7-5-9-17(11-15)30-3/h4-11H,12H2,1-3H3,(H,23,27). The third-order valence-electron chi connectivity index (χ3n) is 4.75. The molecule has 0 saturated heterocycles. The van der Waals surface area contributed by atoms with Crippen molar-refractivity contribution in [3.05, 3.63) is 64.6 Å². The minimum atomic E-state index is -0.515. The molecule has 4 aromatic rings. The number of benzene rings is 2. The van der Waals surface area contributed by atoms with E-state index in [-0.39, 0.29) is 12.1 Å². The van der Waals surface area contributed by atoms with Gasteiger partial charge >= 0.3 is 0 Å². The molecule has 0 aliphatic rings. The summed E-state index contributed by atoms with van der Waals surface area (Å²) in [5, 5.41) is 11.6. The van der Waals surface area contributed by atoms with Gasteiger partial charge in [0.25, 0.3) is 5.56 Å². The molecule has 0 unspecified atom stereocenters. The minimum Gasteiger partial charge on any atom is -0.497 e. The Morgan fingerprint density at radius 3 is 2.55 bits per heavy atom. The first-order valence-electron chi connectivity index (χ1n) is 9.45. The number of amides is 1. The number of anilines is 1. The normalized spacial score (nSPS) is 10.8. The van der Waals surface area contributed by atoms with E-state index in [0.717, 1.165) is 4.68 Å². The highest BCUT2D eigenvalue weighted by atomic mass is 16.5. The molecule has 2 aromatic heterocycles. The van der Waals surface area contributed by atoms with E-state index in [0.29, 0.717) is 39.6 Å². The van der Waals surface area contributed by atoms with Crippen LogP contribution >= 0.6 is 0 Å². The Morgan fingerprint density at radius 1 is 1.10 bits per heavy atom. The van der Waals surface area contributed by atoms with Crippen LogP contribution in [0.15, 0.2) is 57.8 Å². The largest absolute Gasteiger partial charge is 0.497 e. The van der Waals surface area contributed by atoms with Crippen LogP contribution in [0.3, 0.4) is 0 Å². The summed E-state index contributed by atoms with van der Waals surface area (Å²) in [7, 11) is 3.11. The molecular formula is C22H20N4O5. The molecule has 0 aliphatic heterocycles. The summed E-state index contributed by atoms with van der Waals surface area (Å²) in [5.41, 5.74) is 1.32. The molecule has 158 valence electrons. The number of carbonyl (C=O) groups is 1. The highest BCUT2D eigenvalue weighted by Gasteiger charge is 2.20. The van der Waals surface area contributed by atoms with Crippen LogP contribution in [0.25, 0.3) is 22.2 Å². The van der Waals surface area contributed by atoms with Crippen molar-refractivity contribution in [2.75, 3.05) is 19.5 Å². The van der Waals surface area contributed by atoms with E-state index in [1.165, 1.54) is 0 Å². The van der Waals surface area contributed by atoms with Crippen LogP contribution in [0.4, 0.5) is 5.69 Å². The van der Waals surface area contributed by atoms with Gasteiger partial charge in [0.05, 0.1) is 19.6 Å². The van der Waals surface area contributed by atoms with Gasteiger partial charge in [-0.25, -0.2) is 4.68 Å². The van der Waals surface area contributed by atoms with Gasteiger partial charge in [0.15, 0.2) is 5.52 Å². The zero-order valence-electron chi connectivity index (χ0n) is 17.2. The van der Waals surface area contributed by atoms with Crippen LogP contribution in [-0.2, 0) is 11.3 Å². The topological polar surface area (TPSA) is 108 Å². The summed E-state index contributed by atoms with van der Waals surface area (Å²) < 4.78 is 16.8. The second kappa shape index (κ2) is 8.31. The summed E-state index contributed by atoms with van der Waals surface area (Å²) in [6.07, 6.45) is 0. The molecular weight excluding hydrogens is 400 g/mol. The fourth-order valence-electron chi connectivity index (χ4n) is 3.25. The van der Waals surface area contributed by atoms with Gasteiger partial charge in [-0.3, -0.25) is 9.59 Å². The summed E-state index contributed by atoms with van der Waals surface area (Å²) >= 11 is 0. The Morgan fingerprint density at radius 2 is 1.81 bits per heavy atom. The van der Waals surface area contributed by atoms with Crippen LogP contribution < -0.4 is 20.3 Å². The molecule has 0 bridgehead atoms. The molecule has 4 rings (SSSR count). The number of hydrogen-bond donors (Lipinski definition) is 1. The molecule has 0 radical (unpaired) electrons. The second-order valence-electron chi connectivity index (χ2n) is 6.79. The van der Waals surface area contributed by atoms with Crippen LogP contribution in [0.2, 0.25) is 0 Å². The lowest BCUT2D eigenvalue weighted by Crippen LogP contribution is -2.30. The zero-order chi connectivity index (χ0) is 22.0. The van der Waals surface area contributed by atoms with Crippen LogP contribution in [-0.4, -0.2) is 35.1 Å². The van der Waals surface area contributed by atoms with E-state index >= 15 is 0 Å². The van der Waals surface area contributed by atoms with Crippen molar-refractivity contribution in [3.63, 3.8) is 0 Å². The monoisotopic (exact) mass is 420 g/mol. The second-order valence-corrected chi connectivity index (χ2v) is 6.79. The van der Waals surface area contributed by atoms with E-state index in [1.807, 2.05) is 12.1 Å². The van der Waals surface area contributed by atoms with Crippen molar-refractivity contribution in [1.82, 2.24) is 14.9 Å². The molecule has 1 N–H and O–H groups in total. The minimum absolute atomic E-state index is 0.111. The molecule has 9 heteroatoms. The number of nitrogens with one attached hydrogen (secondary N) is 1. The first-order valence-corrected chi connectivity index (χ1v) is 9.45.